The summed E-state index contributed by atoms with van der Waals surface area (Å²) in [6, 6.07) is 10.4. The van der Waals surface area contributed by atoms with Crippen LogP contribution in [0.15, 0.2) is 64.3 Å². The van der Waals surface area contributed by atoms with Gasteiger partial charge in [-0.25, -0.2) is 9.07 Å². The number of halogens is 1. The van der Waals surface area contributed by atoms with Gasteiger partial charge in [-0.05, 0) is 25.1 Å². The van der Waals surface area contributed by atoms with Crippen LogP contribution < -0.4 is 4.80 Å². The molecule has 0 saturated carbocycles. The van der Waals surface area contributed by atoms with Crippen LogP contribution in [0.2, 0.25) is 0 Å². The summed E-state index contributed by atoms with van der Waals surface area (Å²) >= 11 is 1.42. The van der Waals surface area contributed by atoms with Crippen LogP contribution in [0.3, 0.4) is 0 Å². The van der Waals surface area contributed by atoms with Gasteiger partial charge in [-0.1, -0.05) is 18.2 Å². The zero-order valence-corrected chi connectivity index (χ0v) is 13.6. The summed E-state index contributed by atoms with van der Waals surface area (Å²) in [7, 11) is 1.70. The molecule has 3 aromatic rings. The van der Waals surface area contributed by atoms with Gasteiger partial charge in [0, 0.05) is 35.9 Å². The Morgan fingerprint density at radius 1 is 1.22 bits per heavy atom. The zero-order chi connectivity index (χ0) is 16.2. The molecule has 0 bridgehead atoms. The third kappa shape index (κ3) is 3.12. The number of aromatic nitrogens is 2. The summed E-state index contributed by atoms with van der Waals surface area (Å²) in [6.45, 7) is 1.90. The number of thiazole rings is 1. The third-order valence-electron chi connectivity index (χ3n) is 3.36. The molecule has 23 heavy (non-hydrogen) atoms. The SMILES string of the molecule is CN=c1scc(-c2ccccc2F)n1/N=C(/C)c1cccnc1. The van der Waals surface area contributed by atoms with E-state index in [1.807, 2.05) is 24.4 Å². The molecule has 0 saturated heterocycles. The first-order chi connectivity index (χ1) is 11.2. The van der Waals surface area contributed by atoms with E-state index in [1.54, 1.807) is 42.3 Å². The van der Waals surface area contributed by atoms with Crippen molar-refractivity contribution in [2.45, 2.75) is 6.92 Å². The number of benzene rings is 1. The smallest absolute Gasteiger partial charge is 0.205 e. The number of hydrogen-bond donors (Lipinski definition) is 0. The van der Waals surface area contributed by atoms with Gasteiger partial charge in [0.2, 0.25) is 4.80 Å². The van der Waals surface area contributed by atoms with Crippen LogP contribution in [0.4, 0.5) is 4.39 Å². The maximum absolute atomic E-state index is 14.1. The molecule has 0 aliphatic carbocycles. The quantitative estimate of drug-likeness (QED) is 0.679. The lowest BCUT2D eigenvalue weighted by molar-refractivity contribution is 0.629. The van der Waals surface area contributed by atoms with E-state index in [0.717, 1.165) is 11.3 Å². The highest BCUT2D eigenvalue weighted by molar-refractivity contribution is 7.07. The molecular weight excluding hydrogens is 311 g/mol. The van der Waals surface area contributed by atoms with Gasteiger partial charge in [0.1, 0.15) is 5.82 Å². The number of pyridine rings is 1. The summed E-state index contributed by atoms with van der Waals surface area (Å²) in [5.74, 6) is -0.282. The van der Waals surface area contributed by atoms with Crippen LogP contribution in [0, 0.1) is 5.82 Å². The molecule has 2 heterocycles. The summed E-state index contributed by atoms with van der Waals surface area (Å²) in [5, 5.41) is 6.48. The first kappa shape index (κ1) is 15.3. The van der Waals surface area contributed by atoms with Gasteiger partial charge in [0.15, 0.2) is 0 Å². The fourth-order valence-electron chi connectivity index (χ4n) is 2.19. The summed E-state index contributed by atoms with van der Waals surface area (Å²) < 4.78 is 15.8. The molecule has 4 nitrogen and oxygen atoms in total. The first-order valence-corrected chi connectivity index (χ1v) is 7.93. The van der Waals surface area contributed by atoms with Gasteiger partial charge in [-0.2, -0.15) is 5.10 Å². The molecule has 0 atom stereocenters. The van der Waals surface area contributed by atoms with E-state index in [0.29, 0.717) is 16.1 Å². The van der Waals surface area contributed by atoms with Gasteiger partial charge in [-0.3, -0.25) is 9.98 Å². The van der Waals surface area contributed by atoms with Gasteiger partial charge in [0.05, 0.1) is 11.4 Å². The van der Waals surface area contributed by atoms with Crippen molar-refractivity contribution >= 4 is 17.0 Å². The monoisotopic (exact) mass is 326 g/mol. The van der Waals surface area contributed by atoms with E-state index in [9.17, 15) is 4.39 Å². The molecule has 0 amide bonds. The molecule has 1 aromatic carbocycles. The maximum atomic E-state index is 14.1. The minimum absolute atomic E-state index is 0.282. The molecular formula is C17H15FN4S. The van der Waals surface area contributed by atoms with Gasteiger partial charge < -0.3 is 0 Å². The van der Waals surface area contributed by atoms with Gasteiger partial charge in [0.25, 0.3) is 0 Å². The minimum Gasteiger partial charge on any atom is -0.264 e. The summed E-state index contributed by atoms with van der Waals surface area (Å²) in [6.07, 6.45) is 3.46. The lowest BCUT2D eigenvalue weighted by Gasteiger charge is -2.06. The second-order valence-corrected chi connectivity index (χ2v) is 5.68. The third-order valence-corrected chi connectivity index (χ3v) is 4.26. The van der Waals surface area contributed by atoms with Crippen LogP contribution in [0.5, 0.6) is 0 Å². The fraction of sp³-hybridized carbons (Fsp3) is 0.118. The number of rotatable bonds is 3. The van der Waals surface area contributed by atoms with Crippen LogP contribution in [-0.4, -0.2) is 22.4 Å². The molecule has 0 fully saturated rings. The van der Waals surface area contributed by atoms with Crippen molar-refractivity contribution in [3.05, 3.63) is 70.4 Å². The van der Waals surface area contributed by atoms with Crippen molar-refractivity contribution in [3.8, 4) is 11.3 Å². The molecule has 0 unspecified atom stereocenters. The average molecular weight is 326 g/mol. The van der Waals surface area contributed by atoms with E-state index in [1.165, 1.54) is 17.4 Å². The van der Waals surface area contributed by atoms with E-state index in [-0.39, 0.29) is 5.82 Å². The Morgan fingerprint density at radius 3 is 2.74 bits per heavy atom. The van der Waals surface area contributed by atoms with E-state index < -0.39 is 0 Å². The second kappa shape index (κ2) is 6.66. The second-order valence-electron chi connectivity index (χ2n) is 4.85. The fourth-order valence-corrected chi connectivity index (χ4v) is 2.97. The topological polar surface area (TPSA) is 42.5 Å². The molecule has 6 heteroatoms. The minimum atomic E-state index is -0.282. The standard InChI is InChI=1S/C17H15FN4S/c1-12(13-6-5-9-20-10-13)21-22-16(11-23-17(22)19-2)14-7-3-4-8-15(14)18/h3-11H,1-2H3/b19-17?,21-12-. The Labute approximate surface area is 137 Å². The Hall–Kier alpha value is -2.60. The predicted octanol–water partition coefficient (Wildman–Crippen LogP) is 3.55. The highest BCUT2D eigenvalue weighted by atomic mass is 32.1. The summed E-state index contributed by atoms with van der Waals surface area (Å²) in [4.78, 5) is 9.03. The predicted molar refractivity (Wildman–Crippen MR) is 91.0 cm³/mol. The van der Waals surface area contributed by atoms with Crippen LogP contribution >= 0.6 is 11.3 Å². The van der Waals surface area contributed by atoms with Crippen LogP contribution in [0.25, 0.3) is 11.3 Å². The van der Waals surface area contributed by atoms with Gasteiger partial charge in [-0.15, -0.1) is 11.3 Å². The maximum Gasteiger partial charge on any atom is 0.205 e. The Morgan fingerprint density at radius 2 is 2.04 bits per heavy atom. The van der Waals surface area contributed by atoms with Crippen molar-refractivity contribution < 1.29 is 4.39 Å². The van der Waals surface area contributed by atoms with Crippen LogP contribution in [0.1, 0.15) is 12.5 Å². The van der Waals surface area contributed by atoms with E-state index in [2.05, 4.69) is 15.1 Å². The van der Waals surface area contributed by atoms with E-state index >= 15 is 0 Å². The lowest BCUT2D eigenvalue weighted by atomic mass is 10.1. The number of nitrogens with zero attached hydrogens (tertiary/aromatic N) is 4. The van der Waals surface area contributed by atoms with Gasteiger partial charge >= 0.3 is 0 Å². The molecule has 0 spiro atoms. The molecule has 0 N–H and O–H groups in total. The molecule has 0 aliphatic heterocycles. The Balaban J connectivity index is 2.16. The zero-order valence-electron chi connectivity index (χ0n) is 12.8. The average Bonchev–Trinajstić information content (AvgIpc) is 2.98. The Kier molecular flexibility index (Phi) is 4.43. The Bertz CT molecular complexity index is 910. The van der Waals surface area contributed by atoms with E-state index in [4.69, 9.17) is 0 Å². The molecule has 116 valence electrons. The normalized spacial score (nSPS) is 12.7. The number of hydrogen-bond acceptors (Lipinski definition) is 4. The highest BCUT2D eigenvalue weighted by Crippen LogP contribution is 2.23. The van der Waals surface area contributed by atoms with Crippen molar-refractivity contribution in [1.29, 1.82) is 0 Å². The van der Waals surface area contributed by atoms with Crippen molar-refractivity contribution in [2.24, 2.45) is 10.1 Å². The largest absolute Gasteiger partial charge is 0.264 e. The van der Waals surface area contributed by atoms with Crippen molar-refractivity contribution in [1.82, 2.24) is 9.66 Å². The molecule has 3 rings (SSSR count). The summed E-state index contributed by atoms with van der Waals surface area (Å²) in [5.41, 5.74) is 2.87. The molecule has 0 aliphatic rings. The first-order valence-electron chi connectivity index (χ1n) is 7.05. The lowest BCUT2D eigenvalue weighted by Crippen LogP contribution is -2.14. The van der Waals surface area contributed by atoms with Crippen molar-refractivity contribution in [3.63, 3.8) is 0 Å². The van der Waals surface area contributed by atoms with Crippen molar-refractivity contribution in [2.75, 3.05) is 7.05 Å². The van der Waals surface area contributed by atoms with Crippen LogP contribution in [-0.2, 0) is 0 Å². The highest BCUT2D eigenvalue weighted by Gasteiger charge is 2.12. The molecule has 0 radical (unpaired) electrons. The molecule has 2 aromatic heterocycles.